The van der Waals surface area contributed by atoms with Crippen LogP contribution >= 0.6 is 22.7 Å². The van der Waals surface area contributed by atoms with Gasteiger partial charge in [0.15, 0.2) is 11.7 Å². The van der Waals surface area contributed by atoms with Crippen LogP contribution in [0.25, 0.3) is 5.13 Å². The molecular weight excluding hydrogens is 434 g/mol. The minimum atomic E-state index is -0.565. The van der Waals surface area contributed by atoms with Crippen molar-refractivity contribution in [3.8, 4) is 5.13 Å². The van der Waals surface area contributed by atoms with Crippen LogP contribution in [0, 0.1) is 13.8 Å². The number of hydrogen-bond acceptors (Lipinski definition) is 7. The fourth-order valence-electron chi connectivity index (χ4n) is 3.98. The molecule has 0 saturated carbocycles. The summed E-state index contributed by atoms with van der Waals surface area (Å²) < 4.78 is 7.35. The Morgan fingerprint density at radius 1 is 1.23 bits per heavy atom. The van der Waals surface area contributed by atoms with E-state index in [9.17, 15) is 14.4 Å². The summed E-state index contributed by atoms with van der Waals surface area (Å²) in [7, 11) is 0. The number of carbonyl (C=O) groups excluding carboxylic acids is 3. The lowest BCUT2D eigenvalue weighted by atomic mass is 9.95. The molecule has 4 rings (SSSR count). The van der Waals surface area contributed by atoms with Gasteiger partial charge in [0, 0.05) is 40.3 Å². The summed E-state index contributed by atoms with van der Waals surface area (Å²) in [6, 6.07) is 1.79. The minimum Gasteiger partial charge on any atom is -0.454 e. The first kappa shape index (κ1) is 21.5. The van der Waals surface area contributed by atoms with Gasteiger partial charge in [-0.2, -0.15) is 0 Å². The van der Waals surface area contributed by atoms with Crippen LogP contribution in [-0.2, 0) is 22.4 Å². The van der Waals surface area contributed by atoms with Gasteiger partial charge in [-0.1, -0.05) is 0 Å². The van der Waals surface area contributed by atoms with Crippen molar-refractivity contribution in [2.45, 2.75) is 46.5 Å². The molecule has 3 aromatic rings. The predicted molar refractivity (Wildman–Crippen MR) is 121 cm³/mol. The highest BCUT2D eigenvalue weighted by molar-refractivity contribution is 7.17. The number of rotatable bonds is 6. The SMILES string of the molecule is CC(=O)Nc1sc2c(c1C(=O)OCC(=O)c1cc(C)n(-c3nccs3)c1C)CCCC2. The second kappa shape index (κ2) is 8.76. The molecule has 3 aromatic heterocycles. The fraction of sp³-hybridized carbons (Fsp3) is 0.364. The van der Waals surface area contributed by atoms with Gasteiger partial charge in [-0.3, -0.25) is 14.2 Å². The van der Waals surface area contributed by atoms with Crippen LogP contribution in [-0.4, -0.2) is 33.8 Å². The van der Waals surface area contributed by atoms with E-state index in [-0.39, 0.29) is 18.3 Å². The third-order valence-corrected chi connectivity index (χ3v) is 7.31. The summed E-state index contributed by atoms with van der Waals surface area (Å²) in [4.78, 5) is 42.8. The molecule has 1 aliphatic carbocycles. The van der Waals surface area contributed by atoms with Gasteiger partial charge in [-0.05, 0) is 51.2 Å². The molecule has 0 fully saturated rings. The van der Waals surface area contributed by atoms with E-state index in [4.69, 9.17) is 4.74 Å². The number of nitrogens with zero attached hydrogens (tertiary/aromatic N) is 2. The van der Waals surface area contributed by atoms with Crippen molar-refractivity contribution in [2.75, 3.05) is 11.9 Å². The quantitative estimate of drug-likeness (QED) is 0.435. The van der Waals surface area contributed by atoms with Gasteiger partial charge in [0.25, 0.3) is 0 Å². The Bertz CT molecular complexity index is 1160. The number of fused-ring (bicyclic) bond motifs is 1. The minimum absolute atomic E-state index is 0.238. The van der Waals surface area contributed by atoms with Gasteiger partial charge < -0.3 is 10.1 Å². The topological polar surface area (TPSA) is 90.3 Å². The van der Waals surface area contributed by atoms with Crippen LogP contribution < -0.4 is 5.32 Å². The molecule has 0 aromatic carbocycles. The van der Waals surface area contributed by atoms with E-state index in [0.29, 0.717) is 16.1 Å². The van der Waals surface area contributed by atoms with E-state index < -0.39 is 5.97 Å². The summed E-state index contributed by atoms with van der Waals surface area (Å²) in [6.45, 7) is 4.82. The molecule has 31 heavy (non-hydrogen) atoms. The molecule has 1 N–H and O–H groups in total. The molecule has 1 amide bonds. The molecule has 1 aliphatic rings. The molecule has 9 heteroatoms. The van der Waals surface area contributed by atoms with Gasteiger partial charge in [0.1, 0.15) is 5.00 Å². The predicted octanol–water partition coefficient (Wildman–Crippen LogP) is 4.49. The summed E-state index contributed by atoms with van der Waals surface area (Å²) in [5, 5.41) is 5.93. The lowest BCUT2D eigenvalue weighted by Gasteiger charge is -2.12. The average Bonchev–Trinajstić information content (AvgIpc) is 3.43. The number of amides is 1. The van der Waals surface area contributed by atoms with E-state index in [1.165, 1.54) is 29.6 Å². The number of nitrogens with one attached hydrogen (secondary N) is 1. The highest BCUT2D eigenvalue weighted by atomic mass is 32.1. The zero-order chi connectivity index (χ0) is 22.1. The van der Waals surface area contributed by atoms with Crippen LogP contribution in [0.15, 0.2) is 17.6 Å². The Kier molecular flexibility index (Phi) is 6.06. The van der Waals surface area contributed by atoms with Crippen molar-refractivity contribution in [3.63, 3.8) is 0 Å². The zero-order valence-electron chi connectivity index (χ0n) is 17.6. The number of esters is 1. The Morgan fingerprint density at radius 3 is 2.71 bits per heavy atom. The lowest BCUT2D eigenvalue weighted by Crippen LogP contribution is -2.18. The smallest absolute Gasteiger partial charge is 0.341 e. The number of Topliss-reactive ketones (excluding diaryl/α,β-unsaturated/α-hetero) is 1. The maximum Gasteiger partial charge on any atom is 0.341 e. The number of aryl methyl sites for hydroxylation is 2. The molecule has 3 heterocycles. The first-order chi connectivity index (χ1) is 14.9. The highest BCUT2D eigenvalue weighted by Gasteiger charge is 2.28. The first-order valence-corrected chi connectivity index (χ1v) is 11.8. The number of carbonyl (C=O) groups is 3. The molecule has 0 aliphatic heterocycles. The summed E-state index contributed by atoms with van der Waals surface area (Å²) >= 11 is 2.92. The number of anilines is 1. The normalized spacial score (nSPS) is 13.0. The molecule has 0 bridgehead atoms. The molecule has 0 spiro atoms. The highest BCUT2D eigenvalue weighted by Crippen LogP contribution is 2.38. The van der Waals surface area contributed by atoms with Gasteiger partial charge in [-0.25, -0.2) is 9.78 Å². The summed E-state index contributed by atoms with van der Waals surface area (Å²) in [6.07, 6.45) is 5.44. The second-order valence-electron chi connectivity index (χ2n) is 7.53. The van der Waals surface area contributed by atoms with E-state index in [1.54, 1.807) is 12.3 Å². The monoisotopic (exact) mass is 457 g/mol. The molecule has 0 unspecified atom stereocenters. The van der Waals surface area contributed by atoms with E-state index >= 15 is 0 Å². The zero-order valence-corrected chi connectivity index (χ0v) is 19.2. The molecule has 0 saturated heterocycles. The fourth-order valence-corrected chi connectivity index (χ4v) is 6.05. The van der Waals surface area contributed by atoms with E-state index in [0.717, 1.165) is 52.6 Å². The van der Waals surface area contributed by atoms with Crippen LogP contribution in [0.5, 0.6) is 0 Å². The van der Waals surface area contributed by atoms with Crippen LogP contribution in [0.2, 0.25) is 0 Å². The van der Waals surface area contributed by atoms with Crippen LogP contribution in [0.3, 0.4) is 0 Å². The average molecular weight is 458 g/mol. The Balaban J connectivity index is 1.53. The molecular formula is C22H23N3O4S2. The van der Waals surface area contributed by atoms with E-state index in [2.05, 4.69) is 10.3 Å². The van der Waals surface area contributed by atoms with Crippen molar-refractivity contribution < 1.29 is 19.1 Å². The van der Waals surface area contributed by atoms with Gasteiger partial charge in [-0.15, -0.1) is 22.7 Å². The third kappa shape index (κ3) is 4.20. The largest absolute Gasteiger partial charge is 0.454 e. The number of ketones is 1. The van der Waals surface area contributed by atoms with Crippen LogP contribution in [0.4, 0.5) is 5.00 Å². The van der Waals surface area contributed by atoms with Gasteiger partial charge in [0.2, 0.25) is 11.7 Å². The number of thiophene rings is 1. The molecule has 162 valence electrons. The maximum absolute atomic E-state index is 12.9. The molecule has 7 nitrogen and oxygen atoms in total. The maximum atomic E-state index is 12.9. The van der Waals surface area contributed by atoms with Gasteiger partial charge in [0.05, 0.1) is 5.56 Å². The lowest BCUT2D eigenvalue weighted by molar-refractivity contribution is -0.114. The first-order valence-electron chi connectivity index (χ1n) is 10.1. The Morgan fingerprint density at radius 2 is 2.00 bits per heavy atom. The summed E-state index contributed by atoms with van der Waals surface area (Å²) in [5.74, 6) is -1.07. The van der Waals surface area contributed by atoms with E-state index in [1.807, 2.05) is 23.8 Å². The number of ether oxygens (including phenoxy) is 1. The van der Waals surface area contributed by atoms with Crippen molar-refractivity contribution >= 4 is 45.3 Å². The number of thiazole rings is 1. The second-order valence-corrected chi connectivity index (χ2v) is 9.51. The Hall–Kier alpha value is -2.78. The number of hydrogen-bond donors (Lipinski definition) is 1. The molecule has 0 atom stereocenters. The third-order valence-electron chi connectivity index (χ3n) is 5.34. The van der Waals surface area contributed by atoms with Gasteiger partial charge >= 0.3 is 5.97 Å². The standard InChI is InChI=1S/C22H23N3O4S2/c1-12-10-16(13(2)25(12)22-23-8-9-30-22)17(27)11-29-21(28)19-15-6-4-5-7-18(15)31-20(19)24-14(3)26/h8-10H,4-7,11H2,1-3H3,(H,24,26). The molecule has 0 radical (unpaired) electrons. The van der Waals surface area contributed by atoms with Crippen molar-refractivity contribution in [1.82, 2.24) is 9.55 Å². The van der Waals surface area contributed by atoms with Crippen molar-refractivity contribution in [3.05, 3.63) is 50.6 Å². The summed E-state index contributed by atoms with van der Waals surface area (Å²) in [5.41, 5.74) is 3.51. The van der Waals surface area contributed by atoms with Crippen molar-refractivity contribution in [2.24, 2.45) is 0 Å². The number of aromatic nitrogens is 2. The Labute approximate surface area is 188 Å². The van der Waals surface area contributed by atoms with Crippen LogP contribution in [0.1, 0.15) is 62.3 Å². The van der Waals surface area contributed by atoms with Crippen molar-refractivity contribution in [1.29, 1.82) is 0 Å².